The van der Waals surface area contributed by atoms with Crippen molar-refractivity contribution in [3.8, 4) is 0 Å². The minimum atomic E-state index is -0.0378. The molecule has 0 aromatic carbocycles. The van der Waals surface area contributed by atoms with Gasteiger partial charge in [-0.1, -0.05) is 0 Å². The normalized spacial score (nSPS) is 14.8. The summed E-state index contributed by atoms with van der Waals surface area (Å²) in [5.74, 6) is 0.793. The highest BCUT2D eigenvalue weighted by atomic mass is 16.5. The lowest BCUT2D eigenvalue weighted by Gasteiger charge is -2.15. The maximum absolute atomic E-state index is 11.7. The van der Waals surface area contributed by atoms with Crippen molar-refractivity contribution in [1.29, 1.82) is 0 Å². The molecule has 0 unspecified atom stereocenters. The Kier molecular flexibility index (Phi) is 3.69. The standard InChI is InChI=1S/C11H17N3O2/c1-12-5-2-3-10-13-9-4-6-16-7-8(9)11(15)14-10/h12H,2-7H2,1H3,(H,13,14,15). The molecule has 0 saturated heterocycles. The maximum Gasteiger partial charge on any atom is 0.256 e. The fraction of sp³-hybridized carbons (Fsp3) is 0.636. The van der Waals surface area contributed by atoms with Gasteiger partial charge in [-0.15, -0.1) is 0 Å². The first-order valence-corrected chi connectivity index (χ1v) is 5.64. The van der Waals surface area contributed by atoms with Gasteiger partial charge >= 0.3 is 0 Å². The highest BCUT2D eigenvalue weighted by Gasteiger charge is 2.15. The van der Waals surface area contributed by atoms with Gasteiger partial charge in [0.15, 0.2) is 0 Å². The fourth-order valence-electron chi connectivity index (χ4n) is 1.85. The van der Waals surface area contributed by atoms with Crippen LogP contribution in [-0.2, 0) is 24.2 Å². The average Bonchev–Trinajstić information content (AvgIpc) is 2.30. The molecular formula is C11H17N3O2. The average molecular weight is 223 g/mol. The third-order valence-electron chi connectivity index (χ3n) is 2.72. The number of fused-ring (bicyclic) bond motifs is 1. The van der Waals surface area contributed by atoms with Crippen LogP contribution in [0.5, 0.6) is 0 Å². The van der Waals surface area contributed by atoms with Gasteiger partial charge in [0.1, 0.15) is 5.82 Å². The first kappa shape index (κ1) is 11.3. The molecule has 1 aliphatic rings. The largest absolute Gasteiger partial charge is 0.376 e. The molecule has 1 aromatic heterocycles. The number of ether oxygens (including phenoxy) is 1. The van der Waals surface area contributed by atoms with E-state index in [1.807, 2.05) is 7.05 Å². The molecule has 2 N–H and O–H groups in total. The molecule has 5 nitrogen and oxygen atoms in total. The summed E-state index contributed by atoms with van der Waals surface area (Å²) in [4.78, 5) is 19.0. The van der Waals surface area contributed by atoms with Gasteiger partial charge in [-0.2, -0.15) is 0 Å². The molecule has 0 fully saturated rings. The molecule has 0 bridgehead atoms. The van der Waals surface area contributed by atoms with E-state index in [9.17, 15) is 4.79 Å². The van der Waals surface area contributed by atoms with Crippen molar-refractivity contribution < 1.29 is 4.74 Å². The first-order chi connectivity index (χ1) is 7.81. The maximum atomic E-state index is 11.7. The summed E-state index contributed by atoms with van der Waals surface area (Å²) in [6.45, 7) is 2.00. The SMILES string of the molecule is CNCCCc1nc2c(c(=O)[nH]1)COCC2. The van der Waals surface area contributed by atoms with Gasteiger partial charge in [0.2, 0.25) is 0 Å². The third-order valence-corrected chi connectivity index (χ3v) is 2.72. The minimum absolute atomic E-state index is 0.0378. The van der Waals surface area contributed by atoms with Crippen molar-refractivity contribution in [3.05, 3.63) is 27.4 Å². The van der Waals surface area contributed by atoms with Crippen LogP contribution >= 0.6 is 0 Å². The van der Waals surface area contributed by atoms with E-state index in [2.05, 4.69) is 15.3 Å². The summed E-state index contributed by atoms with van der Waals surface area (Å²) in [5.41, 5.74) is 1.57. The Balaban J connectivity index is 2.15. The van der Waals surface area contributed by atoms with E-state index in [-0.39, 0.29) is 5.56 Å². The van der Waals surface area contributed by atoms with E-state index in [0.29, 0.717) is 18.8 Å². The summed E-state index contributed by atoms with van der Waals surface area (Å²) < 4.78 is 5.25. The van der Waals surface area contributed by atoms with E-state index < -0.39 is 0 Å². The van der Waals surface area contributed by atoms with Gasteiger partial charge in [-0.25, -0.2) is 4.98 Å². The Morgan fingerprint density at radius 2 is 2.44 bits per heavy atom. The number of aryl methyl sites for hydroxylation is 1. The van der Waals surface area contributed by atoms with Gasteiger partial charge in [0.25, 0.3) is 5.56 Å². The van der Waals surface area contributed by atoms with Crippen LogP contribution < -0.4 is 10.9 Å². The Labute approximate surface area is 94.2 Å². The molecule has 0 radical (unpaired) electrons. The number of nitrogens with one attached hydrogen (secondary N) is 2. The lowest BCUT2D eigenvalue weighted by molar-refractivity contribution is 0.108. The van der Waals surface area contributed by atoms with E-state index >= 15 is 0 Å². The summed E-state index contributed by atoms with van der Waals surface area (Å²) in [6, 6.07) is 0. The van der Waals surface area contributed by atoms with Crippen molar-refractivity contribution >= 4 is 0 Å². The summed E-state index contributed by atoms with van der Waals surface area (Å²) >= 11 is 0. The Morgan fingerprint density at radius 1 is 1.56 bits per heavy atom. The van der Waals surface area contributed by atoms with Crippen molar-refractivity contribution in [2.45, 2.75) is 25.9 Å². The van der Waals surface area contributed by atoms with Crippen LogP contribution in [0.25, 0.3) is 0 Å². The van der Waals surface area contributed by atoms with Crippen LogP contribution in [0.15, 0.2) is 4.79 Å². The van der Waals surface area contributed by atoms with E-state index in [4.69, 9.17) is 4.74 Å². The van der Waals surface area contributed by atoms with Crippen molar-refractivity contribution in [1.82, 2.24) is 15.3 Å². The second-order valence-electron chi connectivity index (χ2n) is 3.95. The van der Waals surface area contributed by atoms with Crippen molar-refractivity contribution in [3.63, 3.8) is 0 Å². The minimum Gasteiger partial charge on any atom is -0.376 e. The zero-order valence-electron chi connectivity index (χ0n) is 9.51. The van der Waals surface area contributed by atoms with Gasteiger partial charge in [-0.05, 0) is 20.0 Å². The molecule has 2 rings (SSSR count). The Morgan fingerprint density at radius 3 is 3.25 bits per heavy atom. The first-order valence-electron chi connectivity index (χ1n) is 5.64. The van der Waals surface area contributed by atoms with E-state index in [0.717, 1.165) is 37.3 Å². The smallest absolute Gasteiger partial charge is 0.256 e. The van der Waals surface area contributed by atoms with Crippen LogP contribution in [0.3, 0.4) is 0 Å². The third kappa shape index (κ3) is 2.48. The van der Waals surface area contributed by atoms with Gasteiger partial charge in [-0.3, -0.25) is 4.79 Å². The van der Waals surface area contributed by atoms with Gasteiger partial charge in [0, 0.05) is 12.8 Å². The van der Waals surface area contributed by atoms with Crippen LogP contribution in [0.4, 0.5) is 0 Å². The molecule has 5 heteroatoms. The van der Waals surface area contributed by atoms with Crippen LogP contribution in [0.2, 0.25) is 0 Å². The van der Waals surface area contributed by atoms with Crippen molar-refractivity contribution in [2.75, 3.05) is 20.2 Å². The summed E-state index contributed by atoms with van der Waals surface area (Å²) in [7, 11) is 1.92. The monoisotopic (exact) mass is 223 g/mol. The molecule has 1 aliphatic heterocycles. The molecule has 0 aliphatic carbocycles. The van der Waals surface area contributed by atoms with E-state index in [1.165, 1.54) is 0 Å². The number of rotatable bonds is 4. The molecule has 16 heavy (non-hydrogen) atoms. The zero-order chi connectivity index (χ0) is 11.4. The van der Waals surface area contributed by atoms with Crippen LogP contribution in [0.1, 0.15) is 23.5 Å². The number of hydrogen-bond donors (Lipinski definition) is 2. The second kappa shape index (κ2) is 5.23. The summed E-state index contributed by atoms with van der Waals surface area (Å²) in [5, 5.41) is 3.08. The molecule has 0 atom stereocenters. The van der Waals surface area contributed by atoms with Crippen molar-refractivity contribution in [2.24, 2.45) is 0 Å². The molecular weight excluding hydrogens is 206 g/mol. The predicted molar refractivity (Wildman–Crippen MR) is 60.5 cm³/mol. The molecule has 0 saturated carbocycles. The number of hydrogen-bond acceptors (Lipinski definition) is 4. The topological polar surface area (TPSA) is 67.0 Å². The highest BCUT2D eigenvalue weighted by Crippen LogP contribution is 2.10. The van der Waals surface area contributed by atoms with Crippen LogP contribution in [0, 0.1) is 0 Å². The molecule has 0 amide bonds. The number of aromatic amines is 1. The van der Waals surface area contributed by atoms with Gasteiger partial charge in [0.05, 0.1) is 24.5 Å². The molecule has 88 valence electrons. The van der Waals surface area contributed by atoms with Crippen LogP contribution in [-0.4, -0.2) is 30.2 Å². The lowest BCUT2D eigenvalue weighted by Crippen LogP contribution is -2.25. The Hall–Kier alpha value is -1.20. The second-order valence-corrected chi connectivity index (χ2v) is 3.95. The van der Waals surface area contributed by atoms with Gasteiger partial charge < -0.3 is 15.0 Å². The predicted octanol–water partition coefficient (Wildman–Crippen LogP) is -0.00540. The molecule has 2 heterocycles. The lowest BCUT2D eigenvalue weighted by atomic mass is 10.1. The quantitative estimate of drug-likeness (QED) is 0.705. The number of aromatic nitrogens is 2. The zero-order valence-corrected chi connectivity index (χ0v) is 9.51. The number of H-pyrrole nitrogens is 1. The number of nitrogens with zero attached hydrogens (tertiary/aromatic N) is 1. The fourth-order valence-corrected chi connectivity index (χ4v) is 1.85. The molecule has 0 spiro atoms. The Bertz CT molecular complexity index is 414. The summed E-state index contributed by atoms with van der Waals surface area (Å²) in [6.07, 6.45) is 2.54. The molecule has 1 aromatic rings. The van der Waals surface area contributed by atoms with E-state index in [1.54, 1.807) is 0 Å². The highest BCUT2D eigenvalue weighted by molar-refractivity contribution is 5.19.